The monoisotopic (exact) mass is 410 g/mol. The summed E-state index contributed by atoms with van der Waals surface area (Å²) in [6.45, 7) is 7.32. The quantitative estimate of drug-likeness (QED) is 0.385. The van der Waals surface area contributed by atoms with Crippen molar-refractivity contribution in [3.05, 3.63) is 0 Å². The fourth-order valence-corrected chi connectivity index (χ4v) is 1.37. The van der Waals surface area contributed by atoms with Gasteiger partial charge in [-0.15, -0.1) is 24.0 Å². The van der Waals surface area contributed by atoms with Crippen molar-refractivity contribution < 1.29 is 13.2 Å². The number of nitrogens with zero attached hydrogens (tertiary/aromatic N) is 2. The first-order chi connectivity index (χ1) is 8.74. The molecule has 2 N–H and O–H groups in total. The summed E-state index contributed by atoms with van der Waals surface area (Å²) < 4.78 is 36.4. The fraction of sp³-hybridized carbons (Fsp3) is 0.917. The molecule has 0 saturated heterocycles. The van der Waals surface area contributed by atoms with Crippen LogP contribution in [0.2, 0.25) is 0 Å². The topological polar surface area (TPSA) is 39.7 Å². The Morgan fingerprint density at radius 2 is 1.85 bits per heavy atom. The van der Waals surface area contributed by atoms with E-state index in [1.54, 1.807) is 0 Å². The van der Waals surface area contributed by atoms with Gasteiger partial charge in [0.1, 0.15) is 0 Å². The summed E-state index contributed by atoms with van der Waals surface area (Å²) in [5, 5.41) is 6.08. The summed E-state index contributed by atoms with van der Waals surface area (Å²) in [4.78, 5) is 5.57. The van der Waals surface area contributed by atoms with Crippen LogP contribution >= 0.6 is 24.0 Å². The fourth-order valence-electron chi connectivity index (χ4n) is 1.37. The van der Waals surface area contributed by atoms with Crippen molar-refractivity contribution in [3.63, 3.8) is 0 Å². The first-order valence-electron chi connectivity index (χ1n) is 6.52. The summed E-state index contributed by atoms with van der Waals surface area (Å²) in [6.07, 6.45) is -4.15. The van der Waals surface area contributed by atoms with Crippen LogP contribution < -0.4 is 10.6 Å². The normalized spacial score (nSPS) is 12.6. The molecular formula is C12H26F3IN4. The molecule has 0 aliphatic heterocycles. The van der Waals surface area contributed by atoms with Crippen molar-refractivity contribution in [1.82, 2.24) is 15.5 Å². The molecule has 0 aromatic carbocycles. The molecule has 0 aromatic rings. The highest BCUT2D eigenvalue weighted by Crippen LogP contribution is 2.14. The number of halogens is 4. The van der Waals surface area contributed by atoms with Gasteiger partial charge in [0, 0.05) is 26.2 Å². The number of hydrogen-bond donors (Lipinski definition) is 2. The summed E-state index contributed by atoms with van der Waals surface area (Å²) >= 11 is 0. The van der Waals surface area contributed by atoms with Crippen LogP contribution in [0.1, 0.15) is 20.8 Å². The predicted octanol–water partition coefficient (Wildman–Crippen LogP) is 2.31. The van der Waals surface area contributed by atoms with Crippen molar-refractivity contribution in [3.8, 4) is 0 Å². The standard InChI is InChI=1S/C12H25F3N4.HI/c1-5-16-11(18-8-10(2)3)17-6-7-19(4)9-12(13,14)15;/h10H,5-9H2,1-4H3,(H2,16,17,18);1H. The highest BCUT2D eigenvalue weighted by atomic mass is 127. The van der Waals surface area contributed by atoms with Crippen molar-refractivity contribution in [1.29, 1.82) is 0 Å². The van der Waals surface area contributed by atoms with Crippen LogP contribution in [0.5, 0.6) is 0 Å². The van der Waals surface area contributed by atoms with Crippen LogP contribution in [0.15, 0.2) is 4.99 Å². The maximum atomic E-state index is 12.1. The van der Waals surface area contributed by atoms with E-state index < -0.39 is 12.7 Å². The molecule has 0 aliphatic rings. The number of nitrogens with one attached hydrogen (secondary N) is 2. The van der Waals surface area contributed by atoms with E-state index in [1.807, 2.05) is 6.92 Å². The van der Waals surface area contributed by atoms with Gasteiger partial charge in [0.15, 0.2) is 5.96 Å². The molecule has 0 amide bonds. The van der Waals surface area contributed by atoms with Crippen LogP contribution in [-0.4, -0.2) is 56.8 Å². The third kappa shape index (κ3) is 14.2. The Morgan fingerprint density at radius 3 is 2.30 bits per heavy atom. The lowest BCUT2D eigenvalue weighted by atomic mass is 10.2. The van der Waals surface area contributed by atoms with Crippen LogP contribution in [0.25, 0.3) is 0 Å². The Balaban J connectivity index is 0. The number of rotatable bonds is 7. The van der Waals surface area contributed by atoms with E-state index in [9.17, 15) is 13.2 Å². The van der Waals surface area contributed by atoms with E-state index in [4.69, 9.17) is 0 Å². The Morgan fingerprint density at radius 1 is 1.25 bits per heavy atom. The molecule has 0 fully saturated rings. The van der Waals surface area contributed by atoms with E-state index in [0.29, 0.717) is 31.5 Å². The van der Waals surface area contributed by atoms with Crippen molar-refractivity contribution in [2.45, 2.75) is 26.9 Å². The highest BCUT2D eigenvalue weighted by molar-refractivity contribution is 14.0. The molecule has 0 bridgehead atoms. The second-order valence-corrected chi connectivity index (χ2v) is 4.89. The summed E-state index contributed by atoms with van der Waals surface area (Å²) in [6, 6.07) is 0. The minimum absolute atomic E-state index is 0. The number of guanidine groups is 1. The Labute approximate surface area is 136 Å². The highest BCUT2D eigenvalue weighted by Gasteiger charge is 2.28. The summed E-state index contributed by atoms with van der Waals surface area (Å²) in [5.41, 5.74) is 0. The van der Waals surface area contributed by atoms with Crippen LogP contribution in [0, 0.1) is 5.92 Å². The van der Waals surface area contributed by atoms with Gasteiger partial charge in [-0.25, -0.2) is 0 Å². The first-order valence-corrected chi connectivity index (χ1v) is 6.52. The number of aliphatic imine (C=N–C) groups is 1. The van der Waals surface area contributed by atoms with Gasteiger partial charge in [0.2, 0.25) is 0 Å². The maximum absolute atomic E-state index is 12.1. The zero-order chi connectivity index (χ0) is 14.9. The summed E-state index contributed by atoms with van der Waals surface area (Å²) in [7, 11) is 1.45. The molecule has 0 aliphatic carbocycles. The number of likely N-dealkylation sites (N-methyl/N-ethyl adjacent to an activating group) is 1. The minimum Gasteiger partial charge on any atom is -0.357 e. The SMILES string of the molecule is CCNC(=NCC(C)C)NCCN(C)CC(F)(F)F.I. The second kappa shape index (κ2) is 11.4. The molecule has 8 heteroatoms. The molecule has 0 saturated carbocycles. The van der Waals surface area contributed by atoms with Gasteiger partial charge >= 0.3 is 6.18 Å². The maximum Gasteiger partial charge on any atom is 0.401 e. The molecule has 0 heterocycles. The van der Waals surface area contributed by atoms with Crippen LogP contribution in [0.4, 0.5) is 13.2 Å². The lowest BCUT2D eigenvalue weighted by molar-refractivity contribution is -0.142. The average Bonchev–Trinajstić information content (AvgIpc) is 2.23. The van der Waals surface area contributed by atoms with Gasteiger partial charge in [-0.3, -0.25) is 9.89 Å². The third-order valence-corrected chi connectivity index (χ3v) is 2.19. The Hall–Kier alpha value is -0.250. The van der Waals surface area contributed by atoms with E-state index in [2.05, 4.69) is 29.5 Å². The van der Waals surface area contributed by atoms with E-state index in [0.717, 1.165) is 6.54 Å². The van der Waals surface area contributed by atoms with E-state index in [1.165, 1.54) is 11.9 Å². The van der Waals surface area contributed by atoms with Gasteiger partial charge < -0.3 is 10.6 Å². The van der Waals surface area contributed by atoms with Gasteiger partial charge in [-0.1, -0.05) is 13.8 Å². The smallest absolute Gasteiger partial charge is 0.357 e. The van der Waals surface area contributed by atoms with Gasteiger partial charge in [-0.05, 0) is 19.9 Å². The molecule has 0 aromatic heterocycles. The lowest BCUT2D eigenvalue weighted by Gasteiger charge is -2.19. The van der Waals surface area contributed by atoms with Crippen molar-refractivity contribution in [2.75, 3.05) is 39.8 Å². The van der Waals surface area contributed by atoms with Crippen molar-refractivity contribution in [2.24, 2.45) is 10.9 Å². The molecule has 0 spiro atoms. The zero-order valence-electron chi connectivity index (χ0n) is 12.5. The Kier molecular flexibility index (Phi) is 12.6. The third-order valence-electron chi connectivity index (χ3n) is 2.19. The van der Waals surface area contributed by atoms with Crippen LogP contribution in [-0.2, 0) is 0 Å². The Bertz CT molecular complexity index is 270. The predicted molar refractivity (Wildman–Crippen MR) is 87.8 cm³/mol. The molecule has 20 heavy (non-hydrogen) atoms. The molecule has 4 nitrogen and oxygen atoms in total. The van der Waals surface area contributed by atoms with E-state index in [-0.39, 0.29) is 24.0 Å². The molecular weight excluding hydrogens is 384 g/mol. The molecule has 0 atom stereocenters. The molecule has 0 unspecified atom stereocenters. The lowest BCUT2D eigenvalue weighted by Crippen LogP contribution is -2.42. The molecule has 0 rings (SSSR count). The largest absolute Gasteiger partial charge is 0.401 e. The van der Waals surface area contributed by atoms with Gasteiger partial charge in [0.25, 0.3) is 0 Å². The minimum atomic E-state index is -4.15. The number of alkyl halides is 3. The first kappa shape index (κ1) is 22.0. The molecule has 122 valence electrons. The second-order valence-electron chi connectivity index (χ2n) is 4.89. The average molecular weight is 410 g/mol. The van der Waals surface area contributed by atoms with Gasteiger partial charge in [-0.2, -0.15) is 13.2 Å². The van der Waals surface area contributed by atoms with E-state index >= 15 is 0 Å². The number of hydrogen-bond acceptors (Lipinski definition) is 2. The molecule has 0 radical (unpaired) electrons. The van der Waals surface area contributed by atoms with Crippen LogP contribution in [0.3, 0.4) is 0 Å². The van der Waals surface area contributed by atoms with Crippen molar-refractivity contribution >= 4 is 29.9 Å². The van der Waals surface area contributed by atoms with Gasteiger partial charge in [0.05, 0.1) is 6.54 Å². The zero-order valence-corrected chi connectivity index (χ0v) is 14.9. The summed E-state index contributed by atoms with van der Waals surface area (Å²) in [5.74, 6) is 1.10.